The Labute approximate surface area is 55.5 Å². The van der Waals surface area contributed by atoms with E-state index in [0.29, 0.717) is 0 Å². The van der Waals surface area contributed by atoms with Crippen LogP contribution in [0.15, 0.2) is 0 Å². The van der Waals surface area contributed by atoms with E-state index in [4.69, 9.17) is 14.3 Å². The molecule has 0 spiro atoms. The molecule has 56 valence electrons. The van der Waals surface area contributed by atoms with Crippen LogP contribution in [0.4, 0.5) is 0 Å². The van der Waals surface area contributed by atoms with E-state index in [1.165, 1.54) is 0 Å². The number of hydrogen-bond acceptors (Lipinski definition) is 3. The second-order valence-corrected chi connectivity index (χ2v) is 4.38. The average Bonchev–Trinajstić information content (AvgIpc) is 1.14. The Bertz CT molecular complexity index is 130. The first kappa shape index (κ1) is 9.18. The van der Waals surface area contributed by atoms with Crippen molar-refractivity contribution in [1.82, 2.24) is 0 Å². The van der Waals surface area contributed by atoms with Crippen LogP contribution in [0.2, 0.25) is 0 Å². The van der Waals surface area contributed by atoms with Crippen molar-refractivity contribution in [3.8, 4) is 0 Å². The van der Waals surface area contributed by atoms with Crippen LogP contribution < -0.4 is 0 Å². The Morgan fingerprint density at radius 1 is 1.33 bits per heavy atom. The molecule has 0 radical (unpaired) electrons. The third-order valence-electron chi connectivity index (χ3n) is 0.420. The first-order chi connectivity index (χ1) is 3.71. The summed E-state index contributed by atoms with van der Waals surface area (Å²) < 4.78 is 4.74. The molecule has 0 aliphatic carbocycles. The van der Waals surface area contributed by atoms with Crippen molar-refractivity contribution in [1.29, 1.82) is 0 Å². The van der Waals surface area contributed by atoms with Gasteiger partial charge in [-0.25, -0.2) is 0 Å². The molecule has 0 aliphatic rings. The lowest BCUT2D eigenvalue weighted by Crippen LogP contribution is -2.16. The summed E-state index contributed by atoms with van der Waals surface area (Å²) in [7, 11) is -3.29. The van der Waals surface area contributed by atoms with Crippen LogP contribution in [-0.2, 0) is 4.52 Å². The predicted molar refractivity (Wildman–Crippen MR) is 39.3 cm³/mol. The molecular weight excluding hydrogens is 139 g/mol. The van der Waals surface area contributed by atoms with Gasteiger partial charge < -0.3 is 14.3 Å². The van der Waals surface area contributed by atoms with Crippen molar-refractivity contribution < 1.29 is 14.3 Å². The highest BCUT2D eigenvalue weighted by atomic mass is 31.2. The van der Waals surface area contributed by atoms with E-state index in [1.807, 2.05) is 0 Å². The van der Waals surface area contributed by atoms with Gasteiger partial charge in [-0.2, -0.15) is 0 Å². The summed E-state index contributed by atoms with van der Waals surface area (Å²) in [6.07, 6.45) is 3.06. The van der Waals surface area contributed by atoms with E-state index in [-0.39, 0.29) is 0 Å². The van der Waals surface area contributed by atoms with Gasteiger partial charge in [0, 0.05) is 0 Å². The molecule has 0 atom stereocenters. The Balaban J connectivity index is 3.90. The highest BCUT2D eigenvalue weighted by Gasteiger charge is 2.17. The van der Waals surface area contributed by atoms with Crippen LogP contribution in [0.5, 0.6) is 0 Å². The number of rotatable bonds is 1. The normalized spacial score (nSPS) is 13.9. The fourth-order valence-corrected chi connectivity index (χ4v) is 1.32. The molecule has 0 saturated heterocycles. The molecule has 0 aromatic rings. The molecule has 0 aromatic heterocycles. The molecule has 0 aromatic carbocycles. The van der Waals surface area contributed by atoms with Crippen LogP contribution in [0, 0.1) is 0 Å². The molecular formula is C5H13O3P. The Hall–Kier alpha value is 0.180. The van der Waals surface area contributed by atoms with E-state index < -0.39 is 13.2 Å². The average molecular weight is 152 g/mol. The van der Waals surface area contributed by atoms with Crippen LogP contribution in [0.3, 0.4) is 0 Å². The topological polar surface area (TPSA) is 49.7 Å². The zero-order chi connectivity index (χ0) is 7.71. The second-order valence-electron chi connectivity index (χ2n) is 2.87. The van der Waals surface area contributed by atoms with Gasteiger partial charge in [0.25, 0.3) is 0 Å². The van der Waals surface area contributed by atoms with Gasteiger partial charge in [-0.15, -0.1) is 0 Å². The molecule has 0 heterocycles. The predicted octanol–water partition coefficient (Wildman–Crippen LogP) is 0.981. The van der Waals surface area contributed by atoms with Crippen molar-refractivity contribution in [3.05, 3.63) is 0 Å². The molecule has 0 unspecified atom stereocenters. The van der Waals surface area contributed by atoms with Crippen molar-refractivity contribution >= 4 is 13.9 Å². The molecule has 2 N–H and O–H groups in total. The van der Waals surface area contributed by atoms with Gasteiger partial charge in [0.1, 0.15) is 0 Å². The fraction of sp³-hybridized carbons (Fsp3) is 0.800. The van der Waals surface area contributed by atoms with Crippen LogP contribution in [0.1, 0.15) is 20.8 Å². The van der Waals surface area contributed by atoms with Crippen molar-refractivity contribution in [2.24, 2.45) is 0 Å². The van der Waals surface area contributed by atoms with E-state index >= 15 is 0 Å². The first-order valence-corrected chi connectivity index (χ1v) is 4.40. The SMILES string of the molecule is C=P(O)(O)OC(C)(C)C. The van der Waals surface area contributed by atoms with E-state index in [2.05, 4.69) is 6.30 Å². The van der Waals surface area contributed by atoms with E-state index in [9.17, 15) is 0 Å². The first-order valence-electron chi connectivity index (χ1n) is 2.60. The summed E-state index contributed by atoms with van der Waals surface area (Å²) in [5.41, 5.74) is -0.529. The van der Waals surface area contributed by atoms with Gasteiger partial charge in [-0.05, 0) is 27.1 Å². The summed E-state index contributed by atoms with van der Waals surface area (Å²) in [5.74, 6) is 0. The minimum absolute atomic E-state index is 0.529. The van der Waals surface area contributed by atoms with Gasteiger partial charge in [0.15, 0.2) is 0 Å². The molecule has 0 aliphatic heterocycles. The molecule has 0 saturated carbocycles. The zero-order valence-corrected chi connectivity index (χ0v) is 6.85. The molecule has 3 nitrogen and oxygen atoms in total. The van der Waals surface area contributed by atoms with Crippen LogP contribution in [0.25, 0.3) is 0 Å². The maximum Gasteiger partial charge on any atom is 0.245 e. The second kappa shape index (κ2) is 2.43. The van der Waals surface area contributed by atoms with E-state index in [0.717, 1.165) is 0 Å². The monoisotopic (exact) mass is 152 g/mol. The van der Waals surface area contributed by atoms with Crippen LogP contribution >= 0.6 is 7.57 Å². The van der Waals surface area contributed by atoms with Crippen molar-refractivity contribution in [2.75, 3.05) is 0 Å². The Kier molecular flexibility index (Phi) is 2.48. The highest BCUT2D eigenvalue weighted by Crippen LogP contribution is 2.40. The molecule has 4 heteroatoms. The quantitative estimate of drug-likeness (QED) is 0.550. The molecule has 0 amide bonds. The summed E-state index contributed by atoms with van der Waals surface area (Å²) in [6, 6.07) is 0. The molecule has 0 rings (SSSR count). The maximum absolute atomic E-state index is 8.69. The van der Waals surface area contributed by atoms with Crippen molar-refractivity contribution in [2.45, 2.75) is 26.4 Å². The zero-order valence-electron chi connectivity index (χ0n) is 5.96. The van der Waals surface area contributed by atoms with Gasteiger partial charge in [-0.3, -0.25) is 0 Å². The van der Waals surface area contributed by atoms with Crippen LogP contribution in [-0.4, -0.2) is 21.7 Å². The summed E-state index contributed by atoms with van der Waals surface area (Å²) in [4.78, 5) is 17.4. The Morgan fingerprint density at radius 3 is 1.67 bits per heavy atom. The summed E-state index contributed by atoms with van der Waals surface area (Å²) in [5, 5.41) is 0. The van der Waals surface area contributed by atoms with Gasteiger partial charge >= 0.3 is 0 Å². The lowest BCUT2D eigenvalue weighted by molar-refractivity contribution is 0.106. The lowest BCUT2D eigenvalue weighted by Gasteiger charge is -2.23. The molecule has 0 fully saturated rings. The fourth-order valence-electron chi connectivity index (χ4n) is 0.439. The lowest BCUT2D eigenvalue weighted by atomic mass is 10.2. The van der Waals surface area contributed by atoms with Gasteiger partial charge in [-0.1, -0.05) is 0 Å². The Morgan fingerprint density at radius 2 is 1.67 bits per heavy atom. The summed E-state index contributed by atoms with van der Waals surface area (Å²) in [6.45, 7) is 5.21. The maximum atomic E-state index is 8.69. The minimum atomic E-state index is -3.29. The smallest absolute Gasteiger partial charge is 0.245 e. The van der Waals surface area contributed by atoms with Gasteiger partial charge in [0.2, 0.25) is 7.57 Å². The standard InChI is InChI=1S/C5H13O3P/c1-5(2,3)8-9(4,6)7/h6-7H,4H2,1-3H3. The van der Waals surface area contributed by atoms with E-state index in [1.54, 1.807) is 20.8 Å². The molecule has 9 heavy (non-hydrogen) atoms. The minimum Gasteiger partial charge on any atom is -0.333 e. The highest BCUT2D eigenvalue weighted by molar-refractivity contribution is 7.57. The van der Waals surface area contributed by atoms with Crippen molar-refractivity contribution in [3.63, 3.8) is 0 Å². The third kappa shape index (κ3) is 8.18. The largest absolute Gasteiger partial charge is 0.333 e. The third-order valence-corrected chi connectivity index (χ3v) is 1.26. The summed E-state index contributed by atoms with van der Waals surface area (Å²) >= 11 is 0. The van der Waals surface area contributed by atoms with Gasteiger partial charge in [0.05, 0.1) is 5.60 Å². The molecule has 0 bridgehead atoms. The number of hydrogen-bond donors (Lipinski definition) is 2.